The number of aryl methyl sites for hydroxylation is 1. The number of rotatable bonds is 3. The van der Waals surface area contributed by atoms with Crippen molar-refractivity contribution in [2.24, 2.45) is 0 Å². The van der Waals surface area contributed by atoms with Crippen LogP contribution >= 0.6 is 12.2 Å². The Bertz CT molecular complexity index is 784. The van der Waals surface area contributed by atoms with Crippen molar-refractivity contribution in [3.63, 3.8) is 0 Å². The lowest BCUT2D eigenvalue weighted by Gasteiger charge is -2.19. The van der Waals surface area contributed by atoms with Gasteiger partial charge in [0.25, 0.3) is 0 Å². The van der Waals surface area contributed by atoms with Crippen LogP contribution in [0.25, 0.3) is 11.0 Å². The lowest BCUT2D eigenvalue weighted by atomic mass is 10.0. The second-order valence-electron chi connectivity index (χ2n) is 5.11. The summed E-state index contributed by atoms with van der Waals surface area (Å²) in [5.74, 6) is 0. The highest BCUT2D eigenvalue weighted by Gasteiger charge is 2.16. The first-order valence-electron chi connectivity index (χ1n) is 6.97. The molecule has 0 saturated heterocycles. The van der Waals surface area contributed by atoms with Crippen molar-refractivity contribution in [2.45, 2.75) is 26.3 Å². The number of hydrogen-bond donors (Lipinski definition) is 1. The summed E-state index contributed by atoms with van der Waals surface area (Å²) in [5, 5.41) is 0. The smallest absolute Gasteiger partial charge is 0.178 e. The molecule has 1 heterocycles. The molecule has 1 atom stereocenters. The first kappa shape index (κ1) is 13.1. The maximum atomic E-state index is 5.56. The third-order valence-corrected chi connectivity index (χ3v) is 4.12. The molecule has 0 amide bonds. The molecule has 0 saturated carbocycles. The first-order chi connectivity index (χ1) is 9.72. The quantitative estimate of drug-likeness (QED) is 0.670. The molecule has 0 radical (unpaired) electrons. The summed E-state index contributed by atoms with van der Waals surface area (Å²) in [6.07, 6.45) is 1.01. The topological polar surface area (TPSA) is 20.7 Å². The molecule has 0 aliphatic rings. The Morgan fingerprint density at radius 1 is 1.10 bits per heavy atom. The minimum atomic E-state index is 0.276. The van der Waals surface area contributed by atoms with Crippen LogP contribution < -0.4 is 0 Å². The number of fused-ring (bicyclic) bond motifs is 1. The Balaban J connectivity index is 2.28. The molecule has 0 aliphatic heterocycles. The van der Waals surface area contributed by atoms with Gasteiger partial charge in [-0.15, -0.1) is 0 Å². The number of H-pyrrole nitrogens is 1. The summed E-state index contributed by atoms with van der Waals surface area (Å²) < 4.78 is 3.06. The van der Waals surface area contributed by atoms with Gasteiger partial charge < -0.3 is 9.55 Å². The van der Waals surface area contributed by atoms with E-state index in [1.54, 1.807) is 0 Å². The van der Waals surface area contributed by atoms with E-state index in [4.69, 9.17) is 12.2 Å². The van der Waals surface area contributed by atoms with Crippen molar-refractivity contribution in [1.82, 2.24) is 9.55 Å². The van der Waals surface area contributed by atoms with Crippen LogP contribution in [0.2, 0.25) is 0 Å². The van der Waals surface area contributed by atoms with Gasteiger partial charge in [-0.3, -0.25) is 0 Å². The van der Waals surface area contributed by atoms with Crippen molar-refractivity contribution in [2.75, 3.05) is 0 Å². The van der Waals surface area contributed by atoms with Crippen molar-refractivity contribution < 1.29 is 0 Å². The molecular weight excluding hydrogens is 264 g/mol. The van der Waals surface area contributed by atoms with E-state index in [9.17, 15) is 0 Å². The fraction of sp³-hybridized carbons (Fsp3) is 0.235. The lowest BCUT2D eigenvalue weighted by Crippen LogP contribution is -2.10. The largest absolute Gasteiger partial charge is 0.331 e. The van der Waals surface area contributed by atoms with Crippen LogP contribution in [0.15, 0.2) is 48.5 Å². The summed E-state index contributed by atoms with van der Waals surface area (Å²) in [5.41, 5.74) is 4.89. The Kier molecular flexibility index (Phi) is 3.45. The van der Waals surface area contributed by atoms with Crippen LogP contribution in [0, 0.1) is 11.7 Å². The minimum absolute atomic E-state index is 0.276. The summed E-state index contributed by atoms with van der Waals surface area (Å²) in [4.78, 5) is 3.33. The van der Waals surface area contributed by atoms with Gasteiger partial charge in [0.05, 0.1) is 17.1 Å². The molecule has 0 spiro atoms. The molecule has 1 unspecified atom stereocenters. The lowest BCUT2D eigenvalue weighted by molar-refractivity contribution is 0.574. The highest BCUT2D eigenvalue weighted by molar-refractivity contribution is 7.71. The zero-order valence-electron chi connectivity index (χ0n) is 11.8. The molecule has 0 fully saturated rings. The van der Waals surface area contributed by atoms with Crippen molar-refractivity contribution in [1.29, 1.82) is 0 Å². The van der Waals surface area contributed by atoms with Crippen molar-refractivity contribution in [3.8, 4) is 0 Å². The van der Waals surface area contributed by atoms with Crippen LogP contribution in [0.5, 0.6) is 0 Å². The highest BCUT2D eigenvalue weighted by Crippen LogP contribution is 2.28. The second kappa shape index (κ2) is 5.25. The predicted molar refractivity (Wildman–Crippen MR) is 86.7 cm³/mol. The van der Waals surface area contributed by atoms with E-state index in [0.717, 1.165) is 16.7 Å². The van der Waals surface area contributed by atoms with Crippen LogP contribution in [0.3, 0.4) is 0 Å². The molecule has 0 bridgehead atoms. The Labute approximate surface area is 124 Å². The van der Waals surface area contributed by atoms with Gasteiger partial charge in [0.15, 0.2) is 4.77 Å². The molecular formula is C17H18N2S. The fourth-order valence-electron chi connectivity index (χ4n) is 2.90. The molecule has 3 aromatic rings. The number of aromatic nitrogens is 2. The van der Waals surface area contributed by atoms with Gasteiger partial charge in [0, 0.05) is 0 Å². The van der Waals surface area contributed by atoms with E-state index in [2.05, 4.69) is 71.9 Å². The zero-order chi connectivity index (χ0) is 14.1. The minimum Gasteiger partial charge on any atom is -0.331 e. The maximum Gasteiger partial charge on any atom is 0.178 e. The van der Waals surface area contributed by atoms with Crippen LogP contribution in [-0.2, 0) is 0 Å². The van der Waals surface area contributed by atoms with E-state index < -0.39 is 0 Å². The number of imidazole rings is 1. The molecule has 0 aliphatic carbocycles. The van der Waals surface area contributed by atoms with E-state index in [1.807, 2.05) is 0 Å². The SMILES string of the molecule is CCC(c1ccccc1)n1c(=S)[nH]c2cccc(C)c21. The predicted octanol–water partition coefficient (Wildman–Crippen LogP) is 5.01. The zero-order valence-corrected chi connectivity index (χ0v) is 12.6. The van der Waals surface area contributed by atoms with Gasteiger partial charge in [-0.2, -0.15) is 0 Å². The number of nitrogens with zero attached hydrogens (tertiary/aromatic N) is 1. The van der Waals surface area contributed by atoms with Gasteiger partial charge in [-0.25, -0.2) is 0 Å². The fourth-order valence-corrected chi connectivity index (χ4v) is 3.22. The Hall–Kier alpha value is -1.87. The summed E-state index contributed by atoms with van der Waals surface area (Å²) >= 11 is 5.56. The molecule has 3 rings (SSSR count). The molecule has 102 valence electrons. The third-order valence-electron chi connectivity index (χ3n) is 3.82. The van der Waals surface area contributed by atoms with Gasteiger partial charge in [0.1, 0.15) is 0 Å². The molecule has 3 heteroatoms. The maximum absolute atomic E-state index is 5.56. The molecule has 1 N–H and O–H groups in total. The number of hydrogen-bond acceptors (Lipinski definition) is 1. The summed E-state index contributed by atoms with van der Waals surface area (Å²) in [6, 6.07) is 17.1. The van der Waals surface area contributed by atoms with E-state index in [-0.39, 0.29) is 6.04 Å². The summed E-state index contributed by atoms with van der Waals surface area (Å²) in [7, 11) is 0. The Morgan fingerprint density at radius 2 is 1.85 bits per heavy atom. The number of benzene rings is 2. The standard InChI is InChI=1S/C17H18N2S/c1-3-15(13-9-5-4-6-10-13)19-16-12(2)8-7-11-14(16)18-17(19)20/h4-11,15H,3H2,1-2H3,(H,18,20). The number of para-hydroxylation sites is 1. The third kappa shape index (κ3) is 2.08. The molecule has 20 heavy (non-hydrogen) atoms. The molecule has 1 aromatic heterocycles. The number of nitrogens with one attached hydrogen (secondary N) is 1. The van der Waals surface area contributed by atoms with Crippen LogP contribution in [0.4, 0.5) is 0 Å². The molecule has 2 aromatic carbocycles. The van der Waals surface area contributed by atoms with Crippen LogP contribution in [-0.4, -0.2) is 9.55 Å². The average molecular weight is 282 g/mol. The monoisotopic (exact) mass is 282 g/mol. The van der Waals surface area contributed by atoms with Crippen LogP contribution in [0.1, 0.15) is 30.5 Å². The van der Waals surface area contributed by atoms with Gasteiger partial charge in [-0.05, 0) is 42.8 Å². The van der Waals surface area contributed by atoms with Crippen molar-refractivity contribution in [3.05, 3.63) is 64.4 Å². The van der Waals surface area contributed by atoms with Gasteiger partial charge in [-0.1, -0.05) is 49.4 Å². The van der Waals surface area contributed by atoms with E-state index in [1.165, 1.54) is 16.6 Å². The van der Waals surface area contributed by atoms with Gasteiger partial charge in [0.2, 0.25) is 0 Å². The second-order valence-corrected chi connectivity index (χ2v) is 5.49. The first-order valence-corrected chi connectivity index (χ1v) is 7.38. The number of aromatic amines is 1. The van der Waals surface area contributed by atoms with E-state index in [0.29, 0.717) is 0 Å². The summed E-state index contributed by atoms with van der Waals surface area (Å²) in [6.45, 7) is 4.34. The van der Waals surface area contributed by atoms with Gasteiger partial charge >= 0.3 is 0 Å². The van der Waals surface area contributed by atoms with E-state index >= 15 is 0 Å². The normalized spacial score (nSPS) is 12.7. The molecule has 2 nitrogen and oxygen atoms in total. The Morgan fingerprint density at radius 3 is 2.55 bits per heavy atom. The average Bonchev–Trinajstić information content (AvgIpc) is 2.79. The van der Waals surface area contributed by atoms with Crippen molar-refractivity contribution >= 4 is 23.3 Å². The highest BCUT2D eigenvalue weighted by atomic mass is 32.1.